The molecule has 100 valence electrons. The number of aryl methyl sites for hydroxylation is 1. The van der Waals surface area contributed by atoms with Gasteiger partial charge in [0.2, 0.25) is 0 Å². The molecule has 0 aromatic heterocycles. The van der Waals surface area contributed by atoms with Crippen molar-refractivity contribution in [3.63, 3.8) is 0 Å². The Morgan fingerprint density at radius 2 is 1.95 bits per heavy atom. The zero-order valence-corrected chi connectivity index (χ0v) is 10.8. The topological polar surface area (TPSA) is 47.3 Å². The van der Waals surface area contributed by atoms with Crippen LogP contribution in [0.3, 0.4) is 0 Å². The second kappa shape index (κ2) is 6.09. The van der Waals surface area contributed by atoms with Gasteiger partial charge in [0.05, 0.1) is 11.4 Å². The van der Waals surface area contributed by atoms with Crippen molar-refractivity contribution < 1.29 is 9.13 Å². The number of benzene rings is 2. The van der Waals surface area contributed by atoms with Gasteiger partial charge in [-0.15, -0.1) is 0 Å². The third-order valence-electron chi connectivity index (χ3n) is 2.76. The Morgan fingerprint density at radius 3 is 2.68 bits per heavy atom. The molecule has 0 spiro atoms. The first-order valence-electron chi connectivity index (χ1n) is 6.14. The summed E-state index contributed by atoms with van der Waals surface area (Å²) in [6.07, 6.45) is 0. The zero-order valence-electron chi connectivity index (χ0n) is 10.8. The minimum Gasteiger partial charge on any atom is -0.492 e. The van der Waals surface area contributed by atoms with Gasteiger partial charge in [-0.05, 0) is 36.8 Å². The Hall–Kier alpha value is -2.23. The van der Waals surface area contributed by atoms with Crippen molar-refractivity contribution in [2.75, 3.05) is 24.2 Å². The van der Waals surface area contributed by atoms with E-state index in [0.717, 1.165) is 11.4 Å². The van der Waals surface area contributed by atoms with E-state index in [1.807, 2.05) is 30.3 Å². The Balaban J connectivity index is 1.85. The van der Waals surface area contributed by atoms with Gasteiger partial charge < -0.3 is 15.8 Å². The van der Waals surface area contributed by atoms with Crippen molar-refractivity contribution >= 4 is 11.4 Å². The van der Waals surface area contributed by atoms with E-state index in [4.69, 9.17) is 10.5 Å². The van der Waals surface area contributed by atoms with Crippen molar-refractivity contribution in [3.8, 4) is 5.75 Å². The highest BCUT2D eigenvalue weighted by molar-refractivity contribution is 5.67. The van der Waals surface area contributed by atoms with Crippen LogP contribution < -0.4 is 15.8 Å². The fourth-order valence-corrected chi connectivity index (χ4v) is 1.72. The van der Waals surface area contributed by atoms with E-state index in [1.165, 1.54) is 6.07 Å². The number of halogens is 1. The summed E-state index contributed by atoms with van der Waals surface area (Å²) in [6, 6.07) is 12.6. The highest BCUT2D eigenvalue weighted by Gasteiger charge is 2.04. The predicted molar refractivity (Wildman–Crippen MR) is 76.0 cm³/mol. The van der Waals surface area contributed by atoms with Gasteiger partial charge in [-0.1, -0.05) is 18.2 Å². The number of nitrogens with two attached hydrogens (primary N) is 1. The molecule has 0 aliphatic heterocycles. The first-order valence-corrected chi connectivity index (χ1v) is 6.14. The SMILES string of the molecule is Cc1cc(NCCOc2ccccc2)c(N)cc1F. The fraction of sp³-hybridized carbons (Fsp3) is 0.200. The molecule has 3 nitrogen and oxygen atoms in total. The van der Waals surface area contributed by atoms with Crippen LogP contribution in [0.2, 0.25) is 0 Å². The van der Waals surface area contributed by atoms with Crippen molar-refractivity contribution in [1.82, 2.24) is 0 Å². The van der Waals surface area contributed by atoms with Crippen LogP contribution in [0, 0.1) is 12.7 Å². The minimum atomic E-state index is -0.288. The Bertz CT molecular complexity index is 543. The number of ether oxygens (including phenoxy) is 1. The highest BCUT2D eigenvalue weighted by Crippen LogP contribution is 2.22. The Kier molecular flexibility index (Phi) is 4.23. The summed E-state index contributed by atoms with van der Waals surface area (Å²) in [4.78, 5) is 0. The predicted octanol–water partition coefficient (Wildman–Crippen LogP) is 3.21. The molecule has 2 aromatic rings. The monoisotopic (exact) mass is 260 g/mol. The van der Waals surface area contributed by atoms with Crippen LogP contribution in [-0.4, -0.2) is 13.2 Å². The molecule has 0 unspecified atom stereocenters. The molecule has 0 fully saturated rings. The van der Waals surface area contributed by atoms with Gasteiger partial charge in [-0.2, -0.15) is 0 Å². The second-order valence-corrected chi connectivity index (χ2v) is 4.28. The first-order chi connectivity index (χ1) is 9.16. The number of rotatable bonds is 5. The van der Waals surface area contributed by atoms with Gasteiger partial charge >= 0.3 is 0 Å². The summed E-state index contributed by atoms with van der Waals surface area (Å²) in [5, 5.41) is 3.13. The lowest BCUT2D eigenvalue weighted by atomic mass is 10.2. The first kappa shape index (κ1) is 13.2. The molecule has 0 saturated carbocycles. The molecule has 4 heteroatoms. The lowest BCUT2D eigenvalue weighted by Gasteiger charge is -2.11. The molecule has 0 heterocycles. The minimum absolute atomic E-state index is 0.288. The van der Waals surface area contributed by atoms with Crippen molar-refractivity contribution in [1.29, 1.82) is 0 Å². The summed E-state index contributed by atoms with van der Waals surface area (Å²) in [5.41, 5.74) is 7.45. The normalized spacial score (nSPS) is 10.2. The number of para-hydroxylation sites is 1. The van der Waals surface area contributed by atoms with Gasteiger partial charge in [0.1, 0.15) is 18.2 Å². The van der Waals surface area contributed by atoms with Crippen LogP contribution in [0.15, 0.2) is 42.5 Å². The Labute approximate surface area is 112 Å². The van der Waals surface area contributed by atoms with Gasteiger partial charge in [0, 0.05) is 6.54 Å². The largest absolute Gasteiger partial charge is 0.492 e. The number of nitrogens with one attached hydrogen (secondary N) is 1. The van der Waals surface area contributed by atoms with Crippen molar-refractivity contribution in [2.24, 2.45) is 0 Å². The summed E-state index contributed by atoms with van der Waals surface area (Å²) in [5.74, 6) is 0.538. The number of hydrogen-bond acceptors (Lipinski definition) is 3. The molecule has 2 rings (SSSR count). The lowest BCUT2D eigenvalue weighted by Crippen LogP contribution is -2.12. The summed E-state index contributed by atoms with van der Waals surface area (Å²) in [7, 11) is 0. The molecular formula is C15H17FN2O. The second-order valence-electron chi connectivity index (χ2n) is 4.28. The third-order valence-corrected chi connectivity index (χ3v) is 2.76. The van der Waals surface area contributed by atoms with Gasteiger partial charge in [-0.3, -0.25) is 0 Å². The van der Waals surface area contributed by atoms with E-state index >= 15 is 0 Å². The highest BCUT2D eigenvalue weighted by atomic mass is 19.1. The van der Waals surface area contributed by atoms with Gasteiger partial charge in [0.25, 0.3) is 0 Å². The molecule has 0 bridgehead atoms. The molecule has 0 aliphatic rings. The maximum absolute atomic E-state index is 13.2. The zero-order chi connectivity index (χ0) is 13.7. The summed E-state index contributed by atoms with van der Waals surface area (Å²) in [6.45, 7) is 2.82. The summed E-state index contributed by atoms with van der Waals surface area (Å²) < 4.78 is 18.8. The Morgan fingerprint density at radius 1 is 1.21 bits per heavy atom. The molecular weight excluding hydrogens is 243 g/mol. The van der Waals surface area contributed by atoms with E-state index in [0.29, 0.717) is 24.4 Å². The smallest absolute Gasteiger partial charge is 0.128 e. The van der Waals surface area contributed by atoms with E-state index in [9.17, 15) is 4.39 Å². The van der Waals surface area contributed by atoms with Crippen LogP contribution in [-0.2, 0) is 0 Å². The van der Waals surface area contributed by atoms with Crippen LogP contribution in [0.4, 0.5) is 15.8 Å². The van der Waals surface area contributed by atoms with E-state index in [2.05, 4.69) is 5.32 Å². The maximum atomic E-state index is 13.2. The van der Waals surface area contributed by atoms with Crippen LogP contribution in [0.5, 0.6) is 5.75 Å². The fourth-order valence-electron chi connectivity index (χ4n) is 1.72. The molecule has 0 aliphatic carbocycles. The molecule has 19 heavy (non-hydrogen) atoms. The number of hydrogen-bond donors (Lipinski definition) is 2. The number of anilines is 2. The van der Waals surface area contributed by atoms with E-state index < -0.39 is 0 Å². The molecule has 3 N–H and O–H groups in total. The van der Waals surface area contributed by atoms with Gasteiger partial charge in [0.15, 0.2) is 0 Å². The van der Waals surface area contributed by atoms with E-state index in [-0.39, 0.29) is 5.82 Å². The molecule has 0 radical (unpaired) electrons. The van der Waals surface area contributed by atoms with Crippen molar-refractivity contribution in [3.05, 3.63) is 53.8 Å². The standard InChI is InChI=1S/C15H17FN2O/c1-11-9-15(14(17)10-13(11)16)18-7-8-19-12-5-3-2-4-6-12/h2-6,9-10,18H,7-8,17H2,1H3. The van der Waals surface area contributed by atoms with Crippen molar-refractivity contribution in [2.45, 2.75) is 6.92 Å². The average molecular weight is 260 g/mol. The quantitative estimate of drug-likeness (QED) is 0.641. The maximum Gasteiger partial charge on any atom is 0.128 e. The van der Waals surface area contributed by atoms with Crippen LogP contribution >= 0.6 is 0 Å². The lowest BCUT2D eigenvalue weighted by molar-refractivity contribution is 0.333. The summed E-state index contributed by atoms with van der Waals surface area (Å²) >= 11 is 0. The molecule has 0 atom stereocenters. The third kappa shape index (κ3) is 3.61. The van der Waals surface area contributed by atoms with Crippen LogP contribution in [0.25, 0.3) is 0 Å². The molecule has 0 saturated heterocycles. The average Bonchev–Trinajstić information content (AvgIpc) is 2.41. The number of nitrogen functional groups attached to an aromatic ring is 1. The van der Waals surface area contributed by atoms with Gasteiger partial charge in [-0.25, -0.2) is 4.39 Å². The molecule has 2 aromatic carbocycles. The van der Waals surface area contributed by atoms with E-state index in [1.54, 1.807) is 13.0 Å². The van der Waals surface area contributed by atoms with Crippen LogP contribution in [0.1, 0.15) is 5.56 Å². The molecule has 0 amide bonds.